The number of thioether (sulfide) groups is 1. The molecule has 1 N–H and O–H groups in total. The summed E-state index contributed by atoms with van der Waals surface area (Å²) in [4.78, 5) is 16.4. The Morgan fingerprint density at radius 3 is 2.60 bits per heavy atom. The van der Waals surface area contributed by atoms with E-state index in [1.165, 1.54) is 11.8 Å². The van der Waals surface area contributed by atoms with Crippen molar-refractivity contribution in [3.63, 3.8) is 0 Å². The molecule has 0 aliphatic carbocycles. The van der Waals surface area contributed by atoms with Gasteiger partial charge in [-0.1, -0.05) is 42.1 Å². The predicted octanol–water partition coefficient (Wildman–Crippen LogP) is 1.78. The van der Waals surface area contributed by atoms with Gasteiger partial charge in [-0.25, -0.2) is 8.42 Å². The number of hydrogen-bond donors (Lipinski definition) is 1. The van der Waals surface area contributed by atoms with E-state index in [1.54, 1.807) is 12.4 Å². The van der Waals surface area contributed by atoms with E-state index in [4.69, 9.17) is 0 Å². The monoisotopic (exact) mass is 443 g/mol. The lowest BCUT2D eigenvalue weighted by Crippen LogP contribution is -2.36. The van der Waals surface area contributed by atoms with Crippen molar-refractivity contribution in [1.29, 1.82) is 0 Å². The maximum Gasteiger partial charge on any atom is 0.230 e. The number of carbonyl (C=O) groups is 1. The van der Waals surface area contributed by atoms with Gasteiger partial charge < -0.3 is 5.32 Å². The van der Waals surface area contributed by atoms with Crippen LogP contribution >= 0.6 is 11.8 Å². The van der Waals surface area contributed by atoms with Crippen molar-refractivity contribution in [1.82, 2.24) is 25.1 Å². The van der Waals surface area contributed by atoms with Gasteiger partial charge in [0.1, 0.15) is 0 Å². The zero-order chi connectivity index (χ0) is 21.0. The molecule has 3 heterocycles. The first-order valence-electron chi connectivity index (χ1n) is 9.50. The van der Waals surface area contributed by atoms with Crippen molar-refractivity contribution in [3.8, 4) is 11.4 Å². The lowest BCUT2D eigenvalue weighted by atomic mass is 10.2. The largest absolute Gasteiger partial charge is 0.352 e. The predicted molar refractivity (Wildman–Crippen MR) is 115 cm³/mol. The van der Waals surface area contributed by atoms with Gasteiger partial charge in [0.25, 0.3) is 0 Å². The number of aromatic nitrogens is 4. The van der Waals surface area contributed by atoms with Crippen LogP contribution in [0.5, 0.6) is 0 Å². The molecule has 1 aliphatic heterocycles. The van der Waals surface area contributed by atoms with Gasteiger partial charge in [-0.15, -0.1) is 10.2 Å². The lowest BCUT2D eigenvalue weighted by molar-refractivity contribution is -0.119. The molecule has 0 saturated carbocycles. The maximum absolute atomic E-state index is 12.3. The minimum absolute atomic E-state index is 0.0137. The number of carbonyl (C=O) groups excluding carboxylic acids is 1. The third-order valence-electron chi connectivity index (χ3n) is 4.77. The van der Waals surface area contributed by atoms with Crippen LogP contribution in [0.15, 0.2) is 60.0 Å². The van der Waals surface area contributed by atoms with E-state index in [2.05, 4.69) is 20.5 Å². The highest BCUT2D eigenvalue weighted by atomic mass is 32.2. The molecule has 8 nitrogen and oxygen atoms in total. The van der Waals surface area contributed by atoms with E-state index in [9.17, 15) is 13.2 Å². The molecule has 3 aromatic rings. The first-order valence-corrected chi connectivity index (χ1v) is 12.3. The summed E-state index contributed by atoms with van der Waals surface area (Å²) in [5.74, 6) is 0.777. The van der Waals surface area contributed by atoms with Gasteiger partial charge in [0.05, 0.1) is 23.8 Å². The van der Waals surface area contributed by atoms with Gasteiger partial charge in [-0.3, -0.25) is 14.3 Å². The average molecular weight is 444 g/mol. The highest BCUT2D eigenvalue weighted by Crippen LogP contribution is 2.25. The number of nitrogens with zero attached hydrogens (tertiary/aromatic N) is 4. The van der Waals surface area contributed by atoms with E-state index in [1.807, 2.05) is 47.0 Å². The summed E-state index contributed by atoms with van der Waals surface area (Å²) in [6.45, 7) is 0.566. The maximum atomic E-state index is 12.3. The van der Waals surface area contributed by atoms with Crippen LogP contribution in [0.4, 0.5) is 0 Å². The third-order valence-corrected chi connectivity index (χ3v) is 7.50. The first kappa shape index (κ1) is 20.5. The van der Waals surface area contributed by atoms with Crippen LogP contribution in [0, 0.1) is 0 Å². The summed E-state index contributed by atoms with van der Waals surface area (Å²) >= 11 is 1.29. The van der Waals surface area contributed by atoms with E-state index >= 15 is 0 Å². The van der Waals surface area contributed by atoms with E-state index in [0.29, 0.717) is 23.9 Å². The zero-order valence-corrected chi connectivity index (χ0v) is 17.8. The number of nitrogens with one attached hydrogen (secondary N) is 1. The molecule has 156 valence electrons. The van der Waals surface area contributed by atoms with Crippen LogP contribution in [0.1, 0.15) is 12.0 Å². The lowest BCUT2D eigenvalue weighted by Gasteiger charge is -2.12. The van der Waals surface area contributed by atoms with Crippen LogP contribution < -0.4 is 5.32 Å². The number of amides is 1. The topological polar surface area (TPSA) is 107 Å². The molecule has 1 aromatic carbocycles. The number of rotatable bonds is 7. The molecule has 1 saturated heterocycles. The number of benzene rings is 1. The van der Waals surface area contributed by atoms with E-state index in [-0.39, 0.29) is 29.2 Å². The number of sulfone groups is 1. The van der Waals surface area contributed by atoms with Gasteiger partial charge in [-0.2, -0.15) is 0 Å². The Morgan fingerprint density at radius 2 is 1.90 bits per heavy atom. The fraction of sp³-hybridized carbons (Fsp3) is 0.300. The molecule has 1 atom stereocenters. The van der Waals surface area contributed by atoms with Crippen molar-refractivity contribution in [2.45, 2.75) is 24.2 Å². The molecule has 30 heavy (non-hydrogen) atoms. The van der Waals surface area contributed by atoms with Gasteiger partial charge >= 0.3 is 0 Å². The first-order chi connectivity index (χ1) is 14.5. The van der Waals surface area contributed by atoms with E-state index < -0.39 is 9.84 Å². The molecule has 0 spiro atoms. The summed E-state index contributed by atoms with van der Waals surface area (Å²) in [5, 5.41) is 12.1. The molecule has 1 amide bonds. The quantitative estimate of drug-likeness (QED) is 0.555. The van der Waals surface area contributed by atoms with Crippen LogP contribution in [-0.4, -0.2) is 57.4 Å². The Balaban J connectivity index is 1.49. The Morgan fingerprint density at radius 1 is 1.13 bits per heavy atom. The summed E-state index contributed by atoms with van der Waals surface area (Å²) in [6, 6.07) is 13.4. The minimum atomic E-state index is -3.03. The number of pyridine rings is 1. The Labute approximate surface area is 179 Å². The number of hydrogen-bond acceptors (Lipinski definition) is 7. The smallest absolute Gasteiger partial charge is 0.230 e. The molecule has 0 radical (unpaired) electrons. The molecule has 0 bridgehead atoms. The van der Waals surface area contributed by atoms with E-state index in [0.717, 1.165) is 11.1 Å². The summed E-state index contributed by atoms with van der Waals surface area (Å²) < 4.78 is 25.1. The van der Waals surface area contributed by atoms with Crippen molar-refractivity contribution >= 4 is 27.5 Å². The Kier molecular flexibility index (Phi) is 6.14. The fourth-order valence-electron chi connectivity index (χ4n) is 3.33. The molecule has 1 fully saturated rings. The Bertz CT molecular complexity index is 1120. The standard InChI is InChI=1S/C20H21N5O3S2/c26-18(22-17-8-11-30(27,28)14-17)13-29-20-24-23-19(16-6-9-21-10-7-16)25(20)12-15-4-2-1-3-5-15/h1-7,9-10,17H,8,11-14H2,(H,22,26). The van der Waals surface area contributed by atoms with Gasteiger partial charge in [-0.05, 0) is 24.1 Å². The normalized spacial score (nSPS) is 17.7. The minimum Gasteiger partial charge on any atom is -0.352 e. The molecule has 2 aromatic heterocycles. The highest BCUT2D eigenvalue weighted by molar-refractivity contribution is 7.99. The molecular formula is C20H21N5O3S2. The second-order valence-corrected chi connectivity index (χ2v) is 10.2. The van der Waals surface area contributed by atoms with Crippen molar-refractivity contribution in [3.05, 3.63) is 60.4 Å². The van der Waals surface area contributed by atoms with Crippen molar-refractivity contribution in [2.75, 3.05) is 17.3 Å². The van der Waals surface area contributed by atoms with Crippen LogP contribution in [0.2, 0.25) is 0 Å². The van der Waals surface area contributed by atoms with Crippen LogP contribution in [0.25, 0.3) is 11.4 Å². The summed E-state index contributed by atoms with van der Waals surface area (Å²) in [7, 11) is -3.03. The van der Waals surface area contributed by atoms with Gasteiger partial charge in [0.15, 0.2) is 20.8 Å². The fourth-order valence-corrected chi connectivity index (χ4v) is 5.75. The molecule has 10 heteroatoms. The van der Waals surface area contributed by atoms with Gasteiger partial charge in [0.2, 0.25) is 5.91 Å². The second kappa shape index (κ2) is 8.97. The van der Waals surface area contributed by atoms with Crippen LogP contribution in [-0.2, 0) is 21.2 Å². The molecule has 1 aliphatic rings. The highest BCUT2D eigenvalue weighted by Gasteiger charge is 2.29. The van der Waals surface area contributed by atoms with Crippen molar-refractivity contribution in [2.24, 2.45) is 0 Å². The average Bonchev–Trinajstić information content (AvgIpc) is 3.30. The molecule has 1 unspecified atom stereocenters. The summed E-state index contributed by atoms with van der Waals surface area (Å²) in [6.07, 6.45) is 3.87. The molecular weight excluding hydrogens is 422 g/mol. The molecule has 4 rings (SSSR count). The van der Waals surface area contributed by atoms with Gasteiger partial charge in [0, 0.05) is 24.0 Å². The van der Waals surface area contributed by atoms with Crippen molar-refractivity contribution < 1.29 is 13.2 Å². The zero-order valence-electron chi connectivity index (χ0n) is 16.1. The third kappa shape index (κ3) is 5.06. The summed E-state index contributed by atoms with van der Waals surface area (Å²) in [5.41, 5.74) is 1.98. The second-order valence-electron chi connectivity index (χ2n) is 7.07. The Hall–Kier alpha value is -2.72. The van der Waals surface area contributed by atoms with Crippen LogP contribution in [0.3, 0.4) is 0 Å². The SMILES string of the molecule is O=C(CSc1nnc(-c2ccncc2)n1Cc1ccccc1)NC1CCS(=O)(=O)C1.